The molecule has 0 bridgehead atoms. The molecule has 0 saturated carbocycles. The van der Waals surface area contributed by atoms with E-state index in [1.54, 1.807) is 12.1 Å². The molecule has 5 heteroatoms. The van der Waals surface area contributed by atoms with E-state index in [0.29, 0.717) is 18.8 Å². The molecular weight excluding hydrogens is 472 g/mol. The molecule has 0 atom stereocenters. The summed E-state index contributed by atoms with van der Waals surface area (Å²) in [6.07, 6.45) is 18.3. The van der Waals surface area contributed by atoms with Gasteiger partial charge in [0.25, 0.3) is 0 Å². The quantitative estimate of drug-likeness (QED) is 0.125. The molecule has 0 amide bonds. The first kappa shape index (κ1) is 29.3. The Balaban J connectivity index is 1.38. The summed E-state index contributed by atoms with van der Waals surface area (Å²) in [5, 5.41) is 0. The second kappa shape index (κ2) is 17.3. The Kier molecular flexibility index (Phi) is 13.4. The number of esters is 1. The summed E-state index contributed by atoms with van der Waals surface area (Å²) < 4.78 is 11.3. The van der Waals surface area contributed by atoms with E-state index < -0.39 is 0 Å². The van der Waals surface area contributed by atoms with Crippen LogP contribution in [0.25, 0.3) is 11.4 Å². The normalized spacial score (nSPS) is 10.9. The third-order valence-electron chi connectivity index (χ3n) is 6.71. The van der Waals surface area contributed by atoms with Gasteiger partial charge in [-0.3, -0.25) is 0 Å². The lowest BCUT2D eigenvalue weighted by Gasteiger charge is -2.09. The summed E-state index contributed by atoms with van der Waals surface area (Å²) in [6, 6.07) is 15.3. The van der Waals surface area contributed by atoms with E-state index in [-0.39, 0.29) is 5.97 Å². The molecule has 0 unspecified atom stereocenters. The lowest BCUT2D eigenvalue weighted by Crippen LogP contribution is -2.06. The Morgan fingerprint density at radius 3 is 1.95 bits per heavy atom. The Bertz CT molecular complexity index is 1050. The maximum atomic E-state index is 12.3. The summed E-state index contributed by atoms with van der Waals surface area (Å²) >= 11 is 0. The zero-order valence-corrected chi connectivity index (χ0v) is 23.3. The molecule has 2 aromatic carbocycles. The van der Waals surface area contributed by atoms with Crippen molar-refractivity contribution in [3.8, 4) is 17.1 Å². The number of rotatable bonds is 18. The van der Waals surface area contributed by atoms with E-state index in [4.69, 9.17) is 9.47 Å². The number of unbranched alkanes of at least 4 members (excludes halogenated alkanes) is 9. The average molecular weight is 517 g/mol. The maximum absolute atomic E-state index is 12.3. The fourth-order valence-electron chi connectivity index (χ4n) is 4.30. The fraction of sp³-hybridized carbons (Fsp3) is 0.485. The zero-order valence-electron chi connectivity index (χ0n) is 23.3. The van der Waals surface area contributed by atoms with Crippen molar-refractivity contribution in [1.82, 2.24) is 9.97 Å². The van der Waals surface area contributed by atoms with Crippen molar-refractivity contribution in [3.05, 3.63) is 77.6 Å². The van der Waals surface area contributed by atoms with Crippen LogP contribution in [0.3, 0.4) is 0 Å². The number of aromatic nitrogens is 2. The van der Waals surface area contributed by atoms with Gasteiger partial charge in [0.1, 0.15) is 12.4 Å². The van der Waals surface area contributed by atoms with E-state index >= 15 is 0 Å². The lowest BCUT2D eigenvalue weighted by atomic mass is 10.1. The molecule has 1 aromatic heterocycles. The van der Waals surface area contributed by atoms with Crippen LogP contribution < -0.4 is 4.74 Å². The number of nitrogens with zero attached hydrogens (tertiary/aromatic N) is 2. The third kappa shape index (κ3) is 10.6. The highest BCUT2D eigenvalue weighted by Gasteiger charge is 2.08. The molecule has 0 aliphatic rings. The van der Waals surface area contributed by atoms with Gasteiger partial charge in [-0.15, -0.1) is 0 Å². The SMILES string of the molecule is CCCCCCCCOC(=O)c1ccc(COc2ccc(-c3ncc(CCCCCCC)cn3)cc2)cc1. The van der Waals surface area contributed by atoms with Gasteiger partial charge in [-0.25, -0.2) is 14.8 Å². The number of aryl methyl sites for hydroxylation is 1. The van der Waals surface area contributed by atoms with Crippen molar-refractivity contribution in [1.29, 1.82) is 0 Å². The van der Waals surface area contributed by atoms with Crippen LogP contribution in [0.4, 0.5) is 0 Å². The second-order valence-electron chi connectivity index (χ2n) is 9.99. The van der Waals surface area contributed by atoms with Crippen LogP contribution >= 0.6 is 0 Å². The number of hydrogen-bond donors (Lipinski definition) is 0. The van der Waals surface area contributed by atoms with Crippen LogP contribution in [-0.2, 0) is 17.8 Å². The molecule has 3 rings (SSSR count). The van der Waals surface area contributed by atoms with Crippen LogP contribution in [0.5, 0.6) is 5.75 Å². The minimum atomic E-state index is -0.260. The van der Waals surface area contributed by atoms with Crippen molar-refractivity contribution in [2.24, 2.45) is 0 Å². The van der Waals surface area contributed by atoms with E-state index in [1.807, 2.05) is 48.8 Å². The molecule has 3 aromatic rings. The van der Waals surface area contributed by atoms with E-state index in [0.717, 1.165) is 42.0 Å². The molecular formula is C33H44N2O3. The van der Waals surface area contributed by atoms with Gasteiger partial charge in [0.2, 0.25) is 0 Å². The summed E-state index contributed by atoms with van der Waals surface area (Å²) in [4.78, 5) is 21.4. The molecule has 38 heavy (non-hydrogen) atoms. The van der Waals surface area contributed by atoms with Crippen molar-refractivity contribution >= 4 is 5.97 Å². The highest BCUT2D eigenvalue weighted by Crippen LogP contribution is 2.21. The first-order chi connectivity index (χ1) is 18.7. The molecule has 204 valence electrons. The van der Waals surface area contributed by atoms with Crippen molar-refractivity contribution in [2.75, 3.05) is 6.61 Å². The smallest absolute Gasteiger partial charge is 0.338 e. The molecule has 0 fully saturated rings. The Hall–Kier alpha value is -3.21. The third-order valence-corrected chi connectivity index (χ3v) is 6.71. The monoisotopic (exact) mass is 516 g/mol. The van der Waals surface area contributed by atoms with Crippen LogP contribution in [-0.4, -0.2) is 22.5 Å². The van der Waals surface area contributed by atoms with Gasteiger partial charge in [0.15, 0.2) is 5.82 Å². The van der Waals surface area contributed by atoms with Crippen LogP contribution in [0, 0.1) is 0 Å². The van der Waals surface area contributed by atoms with Crippen LogP contribution in [0.2, 0.25) is 0 Å². The first-order valence-electron chi connectivity index (χ1n) is 14.5. The number of carbonyl (C=O) groups excluding carboxylic acids is 1. The minimum absolute atomic E-state index is 0.260. The fourth-order valence-corrected chi connectivity index (χ4v) is 4.30. The Morgan fingerprint density at radius 2 is 1.29 bits per heavy atom. The molecule has 0 aliphatic carbocycles. The van der Waals surface area contributed by atoms with Gasteiger partial charge in [0.05, 0.1) is 12.2 Å². The molecule has 1 heterocycles. The highest BCUT2D eigenvalue weighted by atomic mass is 16.5. The predicted molar refractivity (Wildman–Crippen MR) is 154 cm³/mol. The molecule has 0 radical (unpaired) electrons. The van der Waals surface area contributed by atoms with E-state index in [2.05, 4.69) is 23.8 Å². The van der Waals surface area contributed by atoms with E-state index in [1.165, 1.54) is 63.4 Å². The number of benzene rings is 2. The summed E-state index contributed by atoms with van der Waals surface area (Å²) in [5.74, 6) is 1.24. The Morgan fingerprint density at radius 1 is 0.684 bits per heavy atom. The van der Waals surface area contributed by atoms with Gasteiger partial charge in [0, 0.05) is 18.0 Å². The van der Waals surface area contributed by atoms with Gasteiger partial charge in [-0.1, -0.05) is 83.8 Å². The molecule has 5 nitrogen and oxygen atoms in total. The average Bonchev–Trinajstić information content (AvgIpc) is 2.96. The van der Waals surface area contributed by atoms with Crippen molar-refractivity contribution < 1.29 is 14.3 Å². The van der Waals surface area contributed by atoms with Gasteiger partial charge in [-0.05, 0) is 66.8 Å². The Labute approximate surface area is 229 Å². The number of hydrogen-bond acceptors (Lipinski definition) is 5. The zero-order chi connectivity index (χ0) is 26.8. The molecule has 0 aliphatic heterocycles. The van der Waals surface area contributed by atoms with Gasteiger partial charge in [-0.2, -0.15) is 0 Å². The lowest BCUT2D eigenvalue weighted by molar-refractivity contribution is 0.0497. The number of ether oxygens (including phenoxy) is 2. The maximum Gasteiger partial charge on any atom is 0.338 e. The van der Waals surface area contributed by atoms with E-state index in [9.17, 15) is 4.79 Å². The van der Waals surface area contributed by atoms with Crippen molar-refractivity contribution in [3.63, 3.8) is 0 Å². The molecule has 0 spiro atoms. The number of carbonyl (C=O) groups is 1. The largest absolute Gasteiger partial charge is 0.489 e. The van der Waals surface area contributed by atoms with Crippen molar-refractivity contribution in [2.45, 2.75) is 97.5 Å². The van der Waals surface area contributed by atoms with Crippen LogP contribution in [0.1, 0.15) is 106 Å². The molecule has 0 N–H and O–H groups in total. The topological polar surface area (TPSA) is 61.3 Å². The highest BCUT2D eigenvalue weighted by molar-refractivity contribution is 5.89. The second-order valence-corrected chi connectivity index (χ2v) is 9.99. The summed E-state index contributed by atoms with van der Waals surface area (Å²) in [6.45, 7) is 5.36. The standard InChI is InChI=1S/C33H44N2O3/c1-3-5-7-9-11-13-23-37-33(36)30-17-15-27(16-18-30)26-38-31-21-19-29(20-22-31)32-34-24-28(25-35-32)14-12-10-8-6-4-2/h15-22,24-25H,3-14,23,26H2,1-2H3. The van der Waals surface area contributed by atoms with Gasteiger partial charge < -0.3 is 9.47 Å². The van der Waals surface area contributed by atoms with Gasteiger partial charge >= 0.3 is 5.97 Å². The summed E-state index contributed by atoms with van der Waals surface area (Å²) in [7, 11) is 0. The molecule has 0 saturated heterocycles. The first-order valence-corrected chi connectivity index (χ1v) is 14.5. The minimum Gasteiger partial charge on any atom is -0.489 e. The van der Waals surface area contributed by atoms with Crippen LogP contribution in [0.15, 0.2) is 60.9 Å². The predicted octanol–water partition coefficient (Wildman–Crippen LogP) is 8.75. The summed E-state index contributed by atoms with van der Waals surface area (Å²) in [5.41, 5.74) is 3.74.